The Morgan fingerprint density at radius 1 is 0.926 bits per heavy atom. The number of hydrogen-bond donors (Lipinski definition) is 0. The summed E-state index contributed by atoms with van der Waals surface area (Å²) < 4.78 is 21.3. The average molecular weight is 378 g/mol. The summed E-state index contributed by atoms with van der Waals surface area (Å²) >= 11 is 0. The van der Waals surface area contributed by atoms with Gasteiger partial charge < -0.3 is 18.9 Å². The first-order valence-electron chi connectivity index (χ1n) is 9.05. The number of rotatable bonds is 10. The molecule has 150 valence electrons. The summed E-state index contributed by atoms with van der Waals surface area (Å²) in [5.74, 6) is 0.923. The van der Waals surface area contributed by atoms with Gasteiger partial charge >= 0.3 is 11.9 Å². The Hall–Kier alpha value is -2.50. The SMILES string of the molecule is COc1cc(C=CCOC(=O)CC(C)C)cc(OC)c1OC(=O)CC(C)C. The van der Waals surface area contributed by atoms with Gasteiger partial charge in [-0.2, -0.15) is 0 Å². The number of ether oxygens (including phenoxy) is 4. The first-order valence-corrected chi connectivity index (χ1v) is 9.05. The van der Waals surface area contributed by atoms with Crippen molar-refractivity contribution >= 4 is 18.0 Å². The Bertz CT molecular complexity index is 636. The number of hydrogen-bond acceptors (Lipinski definition) is 6. The van der Waals surface area contributed by atoms with E-state index >= 15 is 0 Å². The fraction of sp³-hybridized carbons (Fsp3) is 0.524. The number of methoxy groups -OCH3 is 2. The minimum Gasteiger partial charge on any atom is -0.493 e. The lowest BCUT2D eigenvalue weighted by atomic mass is 10.1. The zero-order chi connectivity index (χ0) is 20.4. The maximum Gasteiger partial charge on any atom is 0.311 e. The van der Waals surface area contributed by atoms with Gasteiger partial charge in [-0.1, -0.05) is 33.8 Å². The first kappa shape index (κ1) is 22.5. The zero-order valence-electron chi connectivity index (χ0n) is 17.0. The molecule has 0 unspecified atom stereocenters. The lowest BCUT2D eigenvalue weighted by Gasteiger charge is -2.15. The van der Waals surface area contributed by atoms with Crippen LogP contribution in [0.3, 0.4) is 0 Å². The number of carbonyl (C=O) groups excluding carboxylic acids is 2. The predicted octanol–water partition coefficient (Wildman–Crippen LogP) is 4.26. The smallest absolute Gasteiger partial charge is 0.311 e. The molecule has 0 heterocycles. The van der Waals surface area contributed by atoms with Crippen molar-refractivity contribution in [2.24, 2.45) is 11.8 Å². The minimum absolute atomic E-state index is 0.182. The summed E-state index contributed by atoms with van der Waals surface area (Å²) in [6.07, 6.45) is 4.21. The third-order valence-corrected chi connectivity index (χ3v) is 3.50. The van der Waals surface area contributed by atoms with Crippen LogP contribution in [0.1, 0.15) is 46.1 Å². The highest BCUT2D eigenvalue weighted by molar-refractivity contribution is 5.75. The van der Waals surface area contributed by atoms with E-state index in [1.807, 2.05) is 27.7 Å². The molecule has 0 saturated heterocycles. The zero-order valence-corrected chi connectivity index (χ0v) is 17.0. The standard InChI is InChI=1S/C21H30O6/c1-14(2)10-19(22)26-9-7-8-16-12-17(24-5)21(18(13-16)25-6)27-20(23)11-15(3)4/h7-8,12-15H,9-11H2,1-6H3. The molecule has 6 heteroatoms. The lowest BCUT2D eigenvalue weighted by molar-refractivity contribution is -0.143. The maximum atomic E-state index is 12.0. The molecule has 1 aromatic rings. The molecule has 0 atom stereocenters. The summed E-state index contributed by atoms with van der Waals surface area (Å²) in [7, 11) is 2.99. The average Bonchev–Trinajstić information content (AvgIpc) is 2.58. The normalized spacial score (nSPS) is 11.1. The molecule has 0 spiro atoms. The third kappa shape index (κ3) is 8.15. The molecule has 0 aliphatic carbocycles. The largest absolute Gasteiger partial charge is 0.493 e. The van der Waals surface area contributed by atoms with E-state index in [4.69, 9.17) is 18.9 Å². The topological polar surface area (TPSA) is 71.1 Å². The third-order valence-electron chi connectivity index (χ3n) is 3.50. The minimum atomic E-state index is -0.345. The van der Waals surface area contributed by atoms with Crippen LogP contribution in [-0.2, 0) is 14.3 Å². The molecule has 0 aliphatic heterocycles. The first-order chi connectivity index (χ1) is 12.8. The van der Waals surface area contributed by atoms with Crippen LogP contribution in [0.15, 0.2) is 18.2 Å². The van der Waals surface area contributed by atoms with Crippen LogP contribution in [0.4, 0.5) is 0 Å². The van der Waals surface area contributed by atoms with E-state index in [1.165, 1.54) is 14.2 Å². The van der Waals surface area contributed by atoms with Crippen molar-refractivity contribution in [2.75, 3.05) is 20.8 Å². The molecule has 0 N–H and O–H groups in total. The number of esters is 2. The van der Waals surface area contributed by atoms with Crippen LogP contribution in [0.2, 0.25) is 0 Å². The van der Waals surface area contributed by atoms with Crippen molar-refractivity contribution in [3.8, 4) is 17.2 Å². The summed E-state index contributed by atoms with van der Waals surface area (Å²) in [5.41, 5.74) is 0.771. The van der Waals surface area contributed by atoms with Crippen LogP contribution < -0.4 is 14.2 Å². The quantitative estimate of drug-likeness (QED) is 0.447. The second-order valence-electron chi connectivity index (χ2n) is 7.01. The summed E-state index contributed by atoms with van der Waals surface area (Å²) in [6.45, 7) is 7.99. The molecule has 1 aromatic carbocycles. The van der Waals surface area contributed by atoms with E-state index in [9.17, 15) is 9.59 Å². The van der Waals surface area contributed by atoms with Gasteiger partial charge in [0.2, 0.25) is 5.75 Å². The molecule has 27 heavy (non-hydrogen) atoms. The maximum absolute atomic E-state index is 12.0. The van der Waals surface area contributed by atoms with Gasteiger partial charge in [0.25, 0.3) is 0 Å². The lowest BCUT2D eigenvalue weighted by Crippen LogP contribution is -2.12. The molecule has 0 aliphatic rings. The number of carbonyl (C=O) groups is 2. The van der Waals surface area contributed by atoms with Gasteiger partial charge in [0, 0.05) is 12.8 Å². The molecular weight excluding hydrogens is 348 g/mol. The highest BCUT2D eigenvalue weighted by atomic mass is 16.6. The monoisotopic (exact) mass is 378 g/mol. The predicted molar refractivity (Wildman–Crippen MR) is 104 cm³/mol. The highest BCUT2D eigenvalue weighted by Gasteiger charge is 2.18. The van der Waals surface area contributed by atoms with E-state index in [0.29, 0.717) is 24.3 Å². The Balaban J connectivity index is 2.87. The molecule has 0 radical (unpaired) electrons. The Morgan fingerprint density at radius 3 is 1.93 bits per heavy atom. The summed E-state index contributed by atoms with van der Waals surface area (Å²) in [6, 6.07) is 3.46. The van der Waals surface area contributed by atoms with Crippen molar-refractivity contribution in [3.05, 3.63) is 23.8 Å². The molecule has 1 rings (SSSR count). The summed E-state index contributed by atoms with van der Waals surface area (Å²) in [5, 5.41) is 0. The number of benzene rings is 1. The Morgan fingerprint density at radius 2 is 1.44 bits per heavy atom. The van der Waals surface area contributed by atoms with Gasteiger partial charge in [-0.15, -0.1) is 0 Å². The van der Waals surface area contributed by atoms with Gasteiger partial charge in [0.15, 0.2) is 11.5 Å². The van der Waals surface area contributed by atoms with Gasteiger partial charge in [-0.05, 0) is 35.6 Å². The fourth-order valence-electron chi connectivity index (χ4n) is 2.30. The van der Waals surface area contributed by atoms with Crippen LogP contribution in [0.25, 0.3) is 6.08 Å². The second kappa shape index (κ2) is 11.3. The van der Waals surface area contributed by atoms with E-state index in [-0.39, 0.29) is 36.1 Å². The van der Waals surface area contributed by atoms with Crippen molar-refractivity contribution in [1.82, 2.24) is 0 Å². The fourth-order valence-corrected chi connectivity index (χ4v) is 2.30. The van der Waals surface area contributed by atoms with Crippen LogP contribution in [0, 0.1) is 11.8 Å². The van der Waals surface area contributed by atoms with Crippen molar-refractivity contribution in [2.45, 2.75) is 40.5 Å². The van der Waals surface area contributed by atoms with Crippen LogP contribution in [-0.4, -0.2) is 32.8 Å². The van der Waals surface area contributed by atoms with E-state index < -0.39 is 0 Å². The molecule has 0 saturated carbocycles. The van der Waals surface area contributed by atoms with Gasteiger partial charge in [0.1, 0.15) is 6.61 Å². The molecular formula is C21H30O6. The van der Waals surface area contributed by atoms with E-state index in [2.05, 4.69) is 0 Å². The molecule has 0 aromatic heterocycles. The molecule has 0 fully saturated rings. The molecule has 6 nitrogen and oxygen atoms in total. The summed E-state index contributed by atoms with van der Waals surface area (Å²) in [4.78, 5) is 23.5. The van der Waals surface area contributed by atoms with Crippen LogP contribution in [0.5, 0.6) is 17.2 Å². The Labute approximate surface area is 161 Å². The molecule has 0 amide bonds. The van der Waals surface area contributed by atoms with Gasteiger partial charge in [0.05, 0.1) is 14.2 Å². The van der Waals surface area contributed by atoms with E-state index in [0.717, 1.165) is 5.56 Å². The second-order valence-corrected chi connectivity index (χ2v) is 7.01. The molecule has 0 bridgehead atoms. The van der Waals surface area contributed by atoms with Crippen molar-refractivity contribution < 1.29 is 28.5 Å². The van der Waals surface area contributed by atoms with Gasteiger partial charge in [-0.3, -0.25) is 9.59 Å². The Kier molecular flexibility index (Phi) is 9.40. The van der Waals surface area contributed by atoms with Crippen molar-refractivity contribution in [1.29, 1.82) is 0 Å². The van der Waals surface area contributed by atoms with Gasteiger partial charge in [-0.25, -0.2) is 0 Å². The highest BCUT2D eigenvalue weighted by Crippen LogP contribution is 2.39. The van der Waals surface area contributed by atoms with Crippen molar-refractivity contribution in [3.63, 3.8) is 0 Å². The van der Waals surface area contributed by atoms with E-state index in [1.54, 1.807) is 24.3 Å². The van der Waals surface area contributed by atoms with Crippen LogP contribution >= 0.6 is 0 Å².